The molecule has 1 rings (SSSR count). The molecule has 74 valence electrons. The zero-order chi connectivity index (χ0) is 9.90. The summed E-state index contributed by atoms with van der Waals surface area (Å²) in [4.78, 5) is 0. The van der Waals surface area contributed by atoms with Crippen LogP contribution in [0.25, 0.3) is 0 Å². The van der Waals surface area contributed by atoms with Crippen LogP contribution in [-0.4, -0.2) is 17.2 Å². The lowest BCUT2D eigenvalue weighted by molar-refractivity contribution is 0.332. The molecular weight excluding hydrogens is 166 g/mol. The molecule has 0 aliphatic carbocycles. The predicted octanol–water partition coefficient (Wildman–Crippen LogP) is 0.810. The Morgan fingerprint density at radius 2 is 2.31 bits per heavy atom. The molecule has 4 nitrogen and oxygen atoms in total. The second kappa shape index (κ2) is 3.89. The van der Waals surface area contributed by atoms with E-state index in [0.717, 1.165) is 11.5 Å². The van der Waals surface area contributed by atoms with Gasteiger partial charge in [0, 0.05) is 18.2 Å². The van der Waals surface area contributed by atoms with E-state index in [-0.39, 0.29) is 5.54 Å². The smallest absolute Gasteiger partial charge is 0.150 e. The fourth-order valence-corrected chi connectivity index (χ4v) is 0.898. The van der Waals surface area contributed by atoms with Crippen LogP contribution in [0.1, 0.15) is 25.3 Å². The average molecular weight is 183 g/mol. The predicted molar refractivity (Wildman–Crippen MR) is 51.2 cm³/mol. The fourth-order valence-electron chi connectivity index (χ4n) is 0.898. The van der Waals surface area contributed by atoms with Crippen LogP contribution in [0.5, 0.6) is 0 Å². The van der Waals surface area contributed by atoms with Crippen LogP contribution in [-0.2, 0) is 6.54 Å². The molecule has 1 aromatic heterocycles. The van der Waals surface area contributed by atoms with E-state index in [1.54, 1.807) is 0 Å². The molecule has 0 aliphatic rings. The molecular formula is C9H17N3O. The maximum atomic E-state index is 5.57. The molecule has 3 N–H and O–H groups in total. The largest absolute Gasteiger partial charge is 0.360 e. The summed E-state index contributed by atoms with van der Waals surface area (Å²) in [6, 6.07) is 1.92. The quantitative estimate of drug-likeness (QED) is 0.725. The van der Waals surface area contributed by atoms with Gasteiger partial charge in [-0.15, -0.1) is 0 Å². The highest BCUT2D eigenvalue weighted by molar-refractivity contribution is 5.03. The van der Waals surface area contributed by atoms with Gasteiger partial charge in [0.15, 0.2) is 5.76 Å². The Kier molecular flexibility index (Phi) is 3.06. The lowest BCUT2D eigenvalue weighted by atomic mass is 10.1. The van der Waals surface area contributed by atoms with E-state index >= 15 is 0 Å². The van der Waals surface area contributed by atoms with Gasteiger partial charge in [-0.05, 0) is 20.8 Å². The molecule has 0 bridgehead atoms. The van der Waals surface area contributed by atoms with Crippen molar-refractivity contribution in [2.24, 2.45) is 5.73 Å². The van der Waals surface area contributed by atoms with Gasteiger partial charge in [0.1, 0.15) is 0 Å². The molecule has 0 amide bonds. The van der Waals surface area contributed by atoms with E-state index in [4.69, 9.17) is 10.3 Å². The third kappa shape index (κ3) is 3.16. The number of nitrogens with one attached hydrogen (secondary N) is 1. The van der Waals surface area contributed by atoms with Crippen molar-refractivity contribution in [1.29, 1.82) is 0 Å². The summed E-state index contributed by atoms with van der Waals surface area (Å²) < 4.78 is 5.05. The summed E-state index contributed by atoms with van der Waals surface area (Å²) in [7, 11) is 0. The van der Waals surface area contributed by atoms with Crippen molar-refractivity contribution >= 4 is 0 Å². The van der Waals surface area contributed by atoms with Gasteiger partial charge in [0.25, 0.3) is 0 Å². The van der Waals surface area contributed by atoms with Crippen molar-refractivity contribution in [2.45, 2.75) is 32.9 Å². The molecule has 0 spiro atoms. The van der Waals surface area contributed by atoms with Crippen LogP contribution in [0, 0.1) is 6.92 Å². The minimum Gasteiger partial charge on any atom is -0.360 e. The number of hydrogen-bond acceptors (Lipinski definition) is 4. The Labute approximate surface area is 78.5 Å². The average Bonchev–Trinajstić information content (AvgIpc) is 2.48. The number of aryl methyl sites for hydroxylation is 1. The third-order valence-corrected chi connectivity index (χ3v) is 1.93. The molecule has 4 heteroatoms. The summed E-state index contributed by atoms with van der Waals surface area (Å²) in [6.45, 7) is 7.28. The van der Waals surface area contributed by atoms with E-state index in [1.165, 1.54) is 0 Å². The Morgan fingerprint density at radius 1 is 1.62 bits per heavy atom. The number of nitrogens with two attached hydrogens (primary N) is 1. The Bertz CT molecular complexity index is 268. The third-order valence-electron chi connectivity index (χ3n) is 1.93. The minimum atomic E-state index is -0.0549. The van der Waals surface area contributed by atoms with E-state index in [9.17, 15) is 0 Å². The zero-order valence-corrected chi connectivity index (χ0v) is 8.42. The van der Waals surface area contributed by atoms with Gasteiger partial charge < -0.3 is 15.6 Å². The van der Waals surface area contributed by atoms with Gasteiger partial charge >= 0.3 is 0 Å². The van der Waals surface area contributed by atoms with Crippen molar-refractivity contribution < 1.29 is 4.52 Å². The molecule has 1 aromatic rings. The standard InChI is InChI=1S/C9H17N3O/c1-7-4-8(13-12-7)5-11-9(2,3)6-10/h4,11H,5-6,10H2,1-3H3. The lowest BCUT2D eigenvalue weighted by Crippen LogP contribution is -2.45. The molecule has 0 fully saturated rings. The van der Waals surface area contributed by atoms with Crippen LogP contribution in [0.3, 0.4) is 0 Å². The van der Waals surface area contributed by atoms with Gasteiger partial charge in [-0.2, -0.15) is 0 Å². The first-order valence-electron chi connectivity index (χ1n) is 4.41. The molecule has 0 radical (unpaired) electrons. The van der Waals surface area contributed by atoms with Crippen molar-refractivity contribution in [3.8, 4) is 0 Å². The van der Waals surface area contributed by atoms with Crippen LogP contribution < -0.4 is 11.1 Å². The van der Waals surface area contributed by atoms with E-state index in [1.807, 2.05) is 13.0 Å². The van der Waals surface area contributed by atoms with Gasteiger partial charge in [0.05, 0.1) is 12.2 Å². The second-order valence-electron chi connectivity index (χ2n) is 3.88. The topological polar surface area (TPSA) is 64.1 Å². The summed E-state index contributed by atoms with van der Waals surface area (Å²) in [5.74, 6) is 0.846. The summed E-state index contributed by atoms with van der Waals surface area (Å²) in [5.41, 5.74) is 6.42. The number of hydrogen-bond donors (Lipinski definition) is 2. The van der Waals surface area contributed by atoms with E-state index < -0.39 is 0 Å². The van der Waals surface area contributed by atoms with Crippen LogP contribution >= 0.6 is 0 Å². The lowest BCUT2D eigenvalue weighted by Gasteiger charge is -2.23. The molecule has 0 unspecified atom stereocenters. The van der Waals surface area contributed by atoms with Crippen LogP contribution in [0.2, 0.25) is 0 Å². The summed E-state index contributed by atoms with van der Waals surface area (Å²) >= 11 is 0. The maximum absolute atomic E-state index is 5.57. The Morgan fingerprint density at radius 3 is 2.77 bits per heavy atom. The van der Waals surface area contributed by atoms with Crippen LogP contribution in [0.15, 0.2) is 10.6 Å². The summed E-state index contributed by atoms with van der Waals surface area (Å²) in [5, 5.41) is 7.08. The minimum absolute atomic E-state index is 0.0549. The molecule has 1 heterocycles. The number of rotatable bonds is 4. The van der Waals surface area contributed by atoms with E-state index in [2.05, 4.69) is 24.3 Å². The Balaban J connectivity index is 2.43. The number of aromatic nitrogens is 1. The molecule has 0 atom stereocenters. The van der Waals surface area contributed by atoms with Gasteiger partial charge in [-0.1, -0.05) is 5.16 Å². The van der Waals surface area contributed by atoms with Crippen molar-refractivity contribution in [3.63, 3.8) is 0 Å². The van der Waals surface area contributed by atoms with Crippen molar-refractivity contribution in [3.05, 3.63) is 17.5 Å². The molecule has 13 heavy (non-hydrogen) atoms. The normalized spacial score (nSPS) is 12.0. The fraction of sp³-hybridized carbons (Fsp3) is 0.667. The molecule has 0 saturated heterocycles. The van der Waals surface area contributed by atoms with Gasteiger partial charge in [0.2, 0.25) is 0 Å². The monoisotopic (exact) mass is 183 g/mol. The maximum Gasteiger partial charge on any atom is 0.150 e. The highest BCUT2D eigenvalue weighted by Crippen LogP contribution is 2.05. The Hall–Kier alpha value is -0.870. The van der Waals surface area contributed by atoms with Crippen molar-refractivity contribution in [2.75, 3.05) is 6.54 Å². The molecule has 0 aromatic carbocycles. The first-order chi connectivity index (χ1) is 6.03. The number of nitrogens with zero attached hydrogens (tertiary/aromatic N) is 1. The highest BCUT2D eigenvalue weighted by atomic mass is 16.5. The second-order valence-corrected chi connectivity index (χ2v) is 3.88. The first-order valence-corrected chi connectivity index (χ1v) is 4.41. The first kappa shape index (κ1) is 10.2. The van der Waals surface area contributed by atoms with Gasteiger partial charge in [-0.25, -0.2) is 0 Å². The van der Waals surface area contributed by atoms with E-state index in [0.29, 0.717) is 13.1 Å². The summed E-state index contributed by atoms with van der Waals surface area (Å²) in [6.07, 6.45) is 0. The van der Waals surface area contributed by atoms with Crippen molar-refractivity contribution in [1.82, 2.24) is 10.5 Å². The SMILES string of the molecule is Cc1cc(CNC(C)(C)CN)on1. The highest BCUT2D eigenvalue weighted by Gasteiger charge is 2.14. The molecule has 0 saturated carbocycles. The van der Waals surface area contributed by atoms with Gasteiger partial charge in [-0.3, -0.25) is 0 Å². The molecule has 0 aliphatic heterocycles. The van der Waals surface area contributed by atoms with Crippen LogP contribution in [0.4, 0.5) is 0 Å². The zero-order valence-electron chi connectivity index (χ0n) is 8.42.